The second-order valence-electron chi connectivity index (χ2n) is 8.07. The summed E-state index contributed by atoms with van der Waals surface area (Å²) in [7, 11) is -0.718. The van der Waals surface area contributed by atoms with Gasteiger partial charge in [-0.05, 0) is 136 Å². The first-order valence-corrected chi connectivity index (χ1v) is 11.2. The third-order valence-corrected chi connectivity index (χ3v) is 9.26. The van der Waals surface area contributed by atoms with Gasteiger partial charge in [0.25, 0.3) is 0 Å². The van der Waals surface area contributed by atoms with Crippen molar-refractivity contribution in [2.75, 3.05) is 0 Å². The second kappa shape index (κ2) is 7.72. The van der Waals surface area contributed by atoms with Gasteiger partial charge in [-0.1, -0.05) is 24.3 Å². The van der Waals surface area contributed by atoms with E-state index in [0.29, 0.717) is 5.75 Å². The zero-order chi connectivity index (χ0) is 20.7. The Bertz CT molecular complexity index is 930. The van der Waals surface area contributed by atoms with Gasteiger partial charge < -0.3 is 5.11 Å². The summed E-state index contributed by atoms with van der Waals surface area (Å²) in [6.07, 6.45) is 0. The molecular weight excluding hydrogens is 359 g/mol. The van der Waals surface area contributed by atoms with Crippen LogP contribution in [0.4, 0.5) is 0 Å². The fraction of sp³-hybridized carbons (Fsp3) is 0.308. The quantitative estimate of drug-likeness (QED) is 0.576. The number of hydrogen-bond acceptors (Lipinski definition) is 1. The molecule has 1 N–H and O–H groups in total. The van der Waals surface area contributed by atoms with Gasteiger partial charge in [-0.2, -0.15) is 0 Å². The average molecular weight is 391 g/mol. The molecule has 0 aliphatic heterocycles. The summed E-state index contributed by atoms with van der Waals surface area (Å²) in [4.78, 5) is 0. The van der Waals surface area contributed by atoms with Crippen molar-refractivity contribution in [3.05, 3.63) is 80.9 Å². The normalized spacial score (nSPS) is 11.3. The first kappa shape index (κ1) is 20.6. The number of aryl methyl sites for hydroxylation is 4. The highest BCUT2D eigenvalue weighted by Gasteiger charge is 2.26. The SMILES string of the molecule is Cc1cc(C)c(C)c(P(c2ccc(O)cc2)c2c(C)c(C)cc(C)c2C)c1C. The monoisotopic (exact) mass is 390 g/mol. The lowest BCUT2D eigenvalue weighted by Crippen LogP contribution is -2.29. The summed E-state index contributed by atoms with van der Waals surface area (Å²) in [5, 5.41) is 14.1. The topological polar surface area (TPSA) is 20.2 Å². The number of phenols is 1. The summed E-state index contributed by atoms with van der Waals surface area (Å²) in [5.41, 5.74) is 11.0. The Hall–Kier alpha value is -2.11. The minimum atomic E-state index is -0.718. The molecule has 1 nitrogen and oxygen atoms in total. The van der Waals surface area contributed by atoms with Crippen LogP contribution in [-0.4, -0.2) is 5.11 Å². The molecule has 0 atom stereocenters. The lowest BCUT2D eigenvalue weighted by atomic mass is 10.0. The highest BCUT2D eigenvalue weighted by atomic mass is 31.1. The van der Waals surface area contributed by atoms with Crippen molar-refractivity contribution in [2.45, 2.75) is 55.4 Å². The number of rotatable bonds is 3. The van der Waals surface area contributed by atoms with E-state index >= 15 is 0 Å². The smallest absolute Gasteiger partial charge is 0.115 e. The first-order chi connectivity index (χ1) is 13.1. The van der Waals surface area contributed by atoms with Gasteiger partial charge in [-0.25, -0.2) is 0 Å². The Balaban J connectivity index is 2.45. The van der Waals surface area contributed by atoms with Gasteiger partial charge in [0, 0.05) is 0 Å². The highest BCUT2D eigenvalue weighted by Crippen LogP contribution is 2.40. The van der Waals surface area contributed by atoms with Crippen LogP contribution in [0.5, 0.6) is 5.75 Å². The third-order valence-electron chi connectivity index (χ3n) is 6.21. The Morgan fingerprint density at radius 1 is 0.536 bits per heavy atom. The predicted octanol–water partition coefficient (Wildman–Crippen LogP) is 5.62. The zero-order valence-corrected chi connectivity index (χ0v) is 19.3. The first-order valence-electron chi connectivity index (χ1n) is 9.87. The minimum absolute atomic E-state index is 0.321. The average Bonchev–Trinajstić information content (AvgIpc) is 2.64. The van der Waals surface area contributed by atoms with Crippen LogP contribution in [-0.2, 0) is 0 Å². The molecule has 0 amide bonds. The summed E-state index contributed by atoms with van der Waals surface area (Å²) in [6.45, 7) is 17.9. The van der Waals surface area contributed by atoms with Gasteiger partial charge in [0.1, 0.15) is 5.75 Å². The van der Waals surface area contributed by atoms with E-state index in [1.54, 1.807) is 0 Å². The molecule has 146 valence electrons. The van der Waals surface area contributed by atoms with Crippen molar-refractivity contribution in [1.29, 1.82) is 0 Å². The predicted molar refractivity (Wildman–Crippen MR) is 125 cm³/mol. The second-order valence-corrected chi connectivity index (χ2v) is 10.2. The standard InChI is InChI=1S/C26H31OP/c1-15-13-16(2)20(6)25(19(15)5)28(24-11-9-23(27)10-12-24)26-21(7)17(3)14-18(4)22(26)8/h9-14,27H,1-8H3. The summed E-state index contributed by atoms with van der Waals surface area (Å²) in [5.74, 6) is 0.321. The van der Waals surface area contributed by atoms with Crippen LogP contribution < -0.4 is 15.9 Å². The van der Waals surface area contributed by atoms with E-state index in [4.69, 9.17) is 0 Å². The number of hydrogen-bond donors (Lipinski definition) is 1. The summed E-state index contributed by atoms with van der Waals surface area (Å²) in [6, 6.07) is 12.5. The lowest BCUT2D eigenvalue weighted by Gasteiger charge is -2.29. The Morgan fingerprint density at radius 2 is 0.857 bits per heavy atom. The lowest BCUT2D eigenvalue weighted by molar-refractivity contribution is 0.475. The van der Waals surface area contributed by atoms with Gasteiger partial charge in [-0.3, -0.25) is 0 Å². The van der Waals surface area contributed by atoms with E-state index in [9.17, 15) is 5.11 Å². The van der Waals surface area contributed by atoms with Crippen LogP contribution in [0.25, 0.3) is 0 Å². The van der Waals surface area contributed by atoms with Crippen LogP contribution >= 0.6 is 7.92 Å². The van der Waals surface area contributed by atoms with Crippen LogP contribution in [0.15, 0.2) is 36.4 Å². The molecule has 2 heteroatoms. The molecule has 0 unspecified atom stereocenters. The largest absolute Gasteiger partial charge is 0.508 e. The molecule has 3 aromatic rings. The maximum absolute atomic E-state index is 9.88. The van der Waals surface area contributed by atoms with Gasteiger partial charge in [0.05, 0.1) is 0 Å². The van der Waals surface area contributed by atoms with E-state index in [1.165, 1.54) is 60.4 Å². The summed E-state index contributed by atoms with van der Waals surface area (Å²) < 4.78 is 0. The van der Waals surface area contributed by atoms with Crippen molar-refractivity contribution in [3.8, 4) is 5.75 Å². The fourth-order valence-electron chi connectivity index (χ4n) is 4.03. The number of phenolic OH excluding ortho intramolecular Hbond substituents is 1. The van der Waals surface area contributed by atoms with Crippen LogP contribution in [0.3, 0.4) is 0 Å². The Morgan fingerprint density at radius 3 is 1.18 bits per heavy atom. The zero-order valence-electron chi connectivity index (χ0n) is 18.4. The van der Waals surface area contributed by atoms with Gasteiger partial charge >= 0.3 is 0 Å². The minimum Gasteiger partial charge on any atom is -0.508 e. The van der Waals surface area contributed by atoms with Gasteiger partial charge in [0.15, 0.2) is 0 Å². The molecule has 3 aromatic carbocycles. The maximum atomic E-state index is 9.88. The van der Waals surface area contributed by atoms with E-state index in [1.807, 2.05) is 12.1 Å². The van der Waals surface area contributed by atoms with Crippen molar-refractivity contribution < 1.29 is 5.11 Å². The van der Waals surface area contributed by atoms with Crippen molar-refractivity contribution >= 4 is 23.8 Å². The molecule has 0 heterocycles. The number of benzene rings is 3. The molecule has 0 aliphatic carbocycles. The van der Waals surface area contributed by atoms with E-state index < -0.39 is 7.92 Å². The molecule has 0 saturated carbocycles. The van der Waals surface area contributed by atoms with Crippen LogP contribution in [0.1, 0.15) is 44.5 Å². The highest BCUT2D eigenvalue weighted by molar-refractivity contribution is 7.80. The van der Waals surface area contributed by atoms with Crippen molar-refractivity contribution in [3.63, 3.8) is 0 Å². The third kappa shape index (κ3) is 3.49. The van der Waals surface area contributed by atoms with Gasteiger partial charge in [0.2, 0.25) is 0 Å². The van der Waals surface area contributed by atoms with Crippen molar-refractivity contribution in [2.24, 2.45) is 0 Å². The Kier molecular flexibility index (Phi) is 5.69. The molecule has 0 bridgehead atoms. The van der Waals surface area contributed by atoms with E-state index in [-0.39, 0.29) is 0 Å². The summed E-state index contributed by atoms with van der Waals surface area (Å²) >= 11 is 0. The molecule has 3 rings (SSSR count). The van der Waals surface area contributed by atoms with Crippen LogP contribution in [0, 0.1) is 55.4 Å². The van der Waals surface area contributed by atoms with E-state index in [2.05, 4.69) is 79.7 Å². The molecule has 0 radical (unpaired) electrons. The molecular formula is C26H31OP. The molecule has 0 fully saturated rings. The molecule has 0 saturated heterocycles. The van der Waals surface area contributed by atoms with Crippen LogP contribution in [0.2, 0.25) is 0 Å². The molecule has 28 heavy (non-hydrogen) atoms. The molecule has 0 aromatic heterocycles. The van der Waals surface area contributed by atoms with Gasteiger partial charge in [-0.15, -0.1) is 0 Å². The molecule has 0 spiro atoms. The fourth-order valence-corrected chi connectivity index (χ4v) is 7.27. The molecule has 0 aliphatic rings. The maximum Gasteiger partial charge on any atom is 0.115 e. The number of aromatic hydroxyl groups is 1. The van der Waals surface area contributed by atoms with E-state index in [0.717, 1.165) is 0 Å². The Labute approximate surface area is 171 Å². The van der Waals surface area contributed by atoms with Crippen molar-refractivity contribution in [1.82, 2.24) is 0 Å².